The van der Waals surface area contributed by atoms with Crippen molar-refractivity contribution in [3.05, 3.63) is 36.2 Å². The van der Waals surface area contributed by atoms with E-state index in [2.05, 4.69) is 10.1 Å². The van der Waals surface area contributed by atoms with Gasteiger partial charge in [0.05, 0.1) is 6.10 Å². The van der Waals surface area contributed by atoms with Crippen molar-refractivity contribution in [1.29, 1.82) is 0 Å². The lowest BCUT2D eigenvalue weighted by molar-refractivity contribution is 0.204. The summed E-state index contributed by atoms with van der Waals surface area (Å²) in [5.74, 6) is 0.538. The molecule has 0 amide bonds. The zero-order valence-corrected chi connectivity index (χ0v) is 10.3. The first-order valence-electron chi connectivity index (χ1n) is 5.17. The van der Waals surface area contributed by atoms with E-state index < -0.39 is 6.10 Å². The number of aromatic nitrogens is 3. The molecule has 2 rings (SSSR count). The van der Waals surface area contributed by atoms with Crippen LogP contribution in [0.5, 0.6) is 0 Å². The van der Waals surface area contributed by atoms with Gasteiger partial charge in [-0.2, -0.15) is 5.10 Å². The molecule has 1 aromatic heterocycles. The van der Waals surface area contributed by atoms with Crippen LogP contribution < -0.4 is 5.73 Å². The maximum Gasteiger partial charge on any atom is 0.185 e. The lowest BCUT2D eigenvalue weighted by Crippen LogP contribution is -2.02. The largest absolute Gasteiger partial charge is 0.399 e. The van der Waals surface area contributed by atoms with Gasteiger partial charge in [-0.15, -0.1) is 0 Å². The third kappa shape index (κ3) is 2.98. The quantitative estimate of drug-likeness (QED) is 0.630. The van der Waals surface area contributed by atoms with E-state index in [1.165, 1.54) is 18.1 Å². The van der Waals surface area contributed by atoms with Gasteiger partial charge in [-0.3, -0.25) is 0 Å². The lowest BCUT2D eigenvalue weighted by Gasteiger charge is -2.10. The van der Waals surface area contributed by atoms with Crippen LogP contribution in [0, 0.1) is 0 Å². The summed E-state index contributed by atoms with van der Waals surface area (Å²) in [5, 5.41) is 14.7. The Labute approximate surface area is 104 Å². The Morgan fingerprint density at radius 2 is 2.12 bits per heavy atom. The van der Waals surface area contributed by atoms with Crippen molar-refractivity contribution in [1.82, 2.24) is 14.8 Å². The number of hydrogen-bond donors (Lipinski definition) is 2. The molecule has 3 N–H and O–H groups in total. The number of thioether (sulfide) groups is 1. The van der Waals surface area contributed by atoms with Crippen LogP contribution in [0.25, 0.3) is 0 Å². The lowest BCUT2D eigenvalue weighted by atomic mass is 10.1. The number of benzene rings is 1. The van der Waals surface area contributed by atoms with E-state index in [0.717, 1.165) is 10.7 Å². The number of aliphatic hydroxyl groups excluding tert-OH is 1. The molecule has 1 unspecified atom stereocenters. The highest BCUT2D eigenvalue weighted by Gasteiger charge is 2.10. The van der Waals surface area contributed by atoms with Crippen molar-refractivity contribution in [3.8, 4) is 0 Å². The molecule has 17 heavy (non-hydrogen) atoms. The first-order chi connectivity index (χ1) is 8.16. The van der Waals surface area contributed by atoms with Crippen molar-refractivity contribution in [3.63, 3.8) is 0 Å². The summed E-state index contributed by atoms with van der Waals surface area (Å²) < 4.78 is 1.68. The second-order valence-electron chi connectivity index (χ2n) is 3.66. The molecule has 90 valence electrons. The maximum atomic E-state index is 9.98. The summed E-state index contributed by atoms with van der Waals surface area (Å²) in [6, 6.07) is 7.23. The number of nitrogens with zero attached hydrogens (tertiary/aromatic N) is 3. The third-order valence-corrected chi connectivity index (χ3v) is 3.47. The molecule has 0 aliphatic rings. The van der Waals surface area contributed by atoms with Gasteiger partial charge in [-0.05, 0) is 17.7 Å². The summed E-state index contributed by atoms with van der Waals surface area (Å²) >= 11 is 1.47. The van der Waals surface area contributed by atoms with E-state index in [0.29, 0.717) is 11.4 Å². The first kappa shape index (κ1) is 11.9. The molecule has 6 heteroatoms. The summed E-state index contributed by atoms with van der Waals surface area (Å²) in [4.78, 5) is 4.08. The second-order valence-corrected chi connectivity index (χ2v) is 4.65. The highest BCUT2D eigenvalue weighted by molar-refractivity contribution is 7.99. The van der Waals surface area contributed by atoms with Gasteiger partial charge in [0.15, 0.2) is 5.16 Å². The predicted octanol–water partition coefficient (Wildman–Crippen LogP) is 1.22. The zero-order chi connectivity index (χ0) is 12.3. The van der Waals surface area contributed by atoms with Crippen molar-refractivity contribution in [2.75, 3.05) is 11.5 Å². The molecule has 5 nitrogen and oxygen atoms in total. The molecule has 1 atom stereocenters. The predicted molar refractivity (Wildman–Crippen MR) is 67.5 cm³/mol. The molecule has 2 aromatic rings. The fraction of sp³-hybridized carbons (Fsp3) is 0.273. The molecule has 0 saturated heterocycles. The van der Waals surface area contributed by atoms with Crippen LogP contribution in [0.4, 0.5) is 5.69 Å². The van der Waals surface area contributed by atoms with Gasteiger partial charge in [0, 0.05) is 18.5 Å². The van der Waals surface area contributed by atoms with Gasteiger partial charge in [0.2, 0.25) is 0 Å². The van der Waals surface area contributed by atoms with Gasteiger partial charge in [0.1, 0.15) is 6.33 Å². The average Bonchev–Trinajstić information content (AvgIpc) is 2.73. The van der Waals surface area contributed by atoms with Gasteiger partial charge < -0.3 is 10.8 Å². The fourth-order valence-electron chi connectivity index (χ4n) is 1.38. The second kappa shape index (κ2) is 5.20. The Kier molecular flexibility index (Phi) is 3.65. The molecule has 0 bridgehead atoms. The van der Waals surface area contributed by atoms with Crippen LogP contribution in [0.2, 0.25) is 0 Å². The Bertz CT molecular complexity index is 482. The summed E-state index contributed by atoms with van der Waals surface area (Å²) in [6.07, 6.45) is 0.968. The van der Waals surface area contributed by atoms with E-state index in [1.807, 2.05) is 19.2 Å². The maximum absolute atomic E-state index is 9.98. The van der Waals surface area contributed by atoms with E-state index in [4.69, 9.17) is 5.73 Å². The highest BCUT2D eigenvalue weighted by Crippen LogP contribution is 2.23. The van der Waals surface area contributed by atoms with Crippen molar-refractivity contribution >= 4 is 17.4 Å². The number of rotatable bonds is 4. The molecular formula is C11H14N4OS. The molecule has 0 fully saturated rings. The number of aryl methyl sites for hydroxylation is 1. The van der Waals surface area contributed by atoms with Crippen LogP contribution in [-0.4, -0.2) is 25.6 Å². The minimum Gasteiger partial charge on any atom is -0.399 e. The smallest absolute Gasteiger partial charge is 0.185 e. The van der Waals surface area contributed by atoms with Gasteiger partial charge >= 0.3 is 0 Å². The Morgan fingerprint density at radius 1 is 1.41 bits per heavy atom. The van der Waals surface area contributed by atoms with Crippen LogP contribution >= 0.6 is 11.8 Å². The number of nitrogens with two attached hydrogens (primary N) is 1. The summed E-state index contributed by atoms with van der Waals surface area (Å²) in [7, 11) is 1.82. The SMILES string of the molecule is Cn1ncnc1SCC(O)c1ccc(N)cc1. The normalized spacial score (nSPS) is 12.6. The standard InChI is InChI=1S/C11H14N4OS/c1-15-11(13-7-14-15)17-6-10(16)8-2-4-9(12)5-3-8/h2-5,7,10,16H,6,12H2,1H3. The van der Waals surface area contributed by atoms with E-state index in [1.54, 1.807) is 16.8 Å². The van der Waals surface area contributed by atoms with E-state index in [-0.39, 0.29) is 0 Å². The number of aliphatic hydroxyl groups is 1. The third-order valence-electron chi connectivity index (χ3n) is 2.36. The molecular weight excluding hydrogens is 236 g/mol. The van der Waals surface area contributed by atoms with Crippen LogP contribution in [0.1, 0.15) is 11.7 Å². The molecule has 1 heterocycles. The summed E-state index contributed by atoms with van der Waals surface area (Å²) in [5.41, 5.74) is 7.14. The number of nitrogen functional groups attached to an aromatic ring is 1. The molecule has 0 saturated carbocycles. The number of anilines is 1. The van der Waals surface area contributed by atoms with E-state index >= 15 is 0 Å². The highest BCUT2D eigenvalue weighted by atomic mass is 32.2. The average molecular weight is 250 g/mol. The van der Waals surface area contributed by atoms with Crippen LogP contribution in [-0.2, 0) is 7.05 Å². The zero-order valence-electron chi connectivity index (χ0n) is 9.45. The molecule has 0 aliphatic heterocycles. The van der Waals surface area contributed by atoms with Crippen molar-refractivity contribution in [2.24, 2.45) is 7.05 Å². The van der Waals surface area contributed by atoms with Crippen LogP contribution in [0.15, 0.2) is 35.7 Å². The number of hydrogen-bond acceptors (Lipinski definition) is 5. The minimum atomic E-state index is -0.530. The molecule has 0 aliphatic carbocycles. The van der Waals surface area contributed by atoms with Gasteiger partial charge in [0.25, 0.3) is 0 Å². The molecule has 1 aromatic carbocycles. The fourth-order valence-corrected chi connectivity index (χ4v) is 2.24. The molecule has 0 radical (unpaired) electrons. The van der Waals surface area contributed by atoms with Crippen molar-refractivity contribution in [2.45, 2.75) is 11.3 Å². The first-order valence-corrected chi connectivity index (χ1v) is 6.15. The van der Waals surface area contributed by atoms with Gasteiger partial charge in [-0.1, -0.05) is 23.9 Å². The van der Waals surface area contributed by atoms with E-state index in [9.17, 15) is 5.11 Å². The topological polar surface area (TPSA) is 77.0 Å². The Hall–Kier alpha value is -1.53. The van der Waals surface area contributed by atoms with Gasteiger partial charge in [-0.25, -0.2) is 9.67 Å². The Morgan fingerprint density at radius 3 is 2.71 bits per heavy atom. The van der Waals surface area contributed by atoms with Crippen LogP contribution in [0.3, 0.4) is 0 Å². The minimum absolute atomic E-state index is 0.530. The molecule has 0 spiro atoms. The Balaban J connectivity index is 1.95. The van der Waals surface area contributed by atoms with Crippen molar-refractivity contribution < 1.29 is 5.11 Å². The monoisotopic (exact) mass is 250 g/mol. The summed E-state index contributed by atoms with van der Waals surface area (Å²) in [6.45, 7) is 0.